The molecule has 0 aliphatic rings. The lowest BCUT2D eigenvalue weighted by Gasteiger charge is -2.22. The van der Waals surface area contributed by atoms with Crippen LogP contribution in [-0.4, -0.2) is 5.91 Å². The molecule has 0 bridgehead atoms. The van der Waals surface area contributed by atoms with E-state index in [0.29, 0.717) is 11.3 Å². The molecule has 1 atom stereocenters. The minimum atomic E-state index is -0.291. The smallest absolute Gasteiger partial charge is 0.287 e. The van der Waals surface area contributed by atoms with E-state index >= 15 is 0 Å². The number of carbonyl (C=O) groups excluding carboxylic acids is 1. The minimum Gasteiger partial charge on any atom is -0.451 e. The summed E-state index contributed by atoms with van der Waals surface area (Å²) in [5, 5.41) is 3.95. The molecule has 1 amide bonds. The summed E-state index contributed by atoms with van der Waals surface area (Å²) in [5.41, 5.74) is 2.39. The van der Waals surface area contributed by atoms with Gasteiger partial charge in [0.05, 0.1) is 6.04 Å². The van der Waals surface area contributed by atoms with Gasteiger partial charge in [-0.3, -0.25) is 4.79 Å². The zero-order valence-corrected chi connectivity index (χ0v) is 14.0. The van der Waals surface area contributed by atoms with Crippen molar-refractivity contribution < 1.29 is 13.6 Å². The molecule has 124 valence electrons. The van der Waals surface area contributed by atoms with Crippen LogP contribution in [-0.2, 0) is 0 Å². The van der Waals surface area contributed by atoms with E-state index in [-0.39, 0.29) is 23.7 Å². The van der Waals surface area contributed by atoms with Crippen LogP contribution in [0.2, 0.25) is 0 Å². The molecule has 3 rings (SSSR count). The number of para-hydroxylation sites is 1. The predicted molar refractivity (Wildman–Crippen MR) is 92.4 cm³/mol. The van der Waals surface area contributed by atoms with E-state index in [2.05, 4.69) is 5.32 Å². The summed E-state index contributed by atoms with van der Waals surface area (Å²) in [4.78, 5) is 12.7. The molecule has 4 heteroatoms. The van der Waals surface area contributed by atoms with Crippen molar-refractivity contribution in [3.63, 3.8) is 0 Å². The van der Waals surface area contributed by atoms with Crippen LogP contribution in [0.5, 0.6) is 0 Å². The summed E-state index contributed by atoms with van der Waals surface area (Å²) in [6.07, 6.45) is 0. The lowest BCUT2D eigenvalue weighted by molar-refractivity contribution is 0.0898. The fraction of sp³-hybridized carbons (Fsp3) is 0.250. The third kappa shape index (κ3) is 3.04. The molecule has 24 heavy (non-hydrogen) atoms. The lowest BCUT2D eigenvalue weighted by Crippen LogP contribution is -2.31. The van der Waals surface area contributed by atoms with Crippen LogP contribution in [0.4, 0.5) is 4.39 Å². The minimum absolute atomic E-state index is 0.157. The van der Waals surface area contributed by atoms with Gasteiger partial charge in [0.25, 0.3) is 5.91 Å². The highest BCUT2D eigenvalue weighted by atomic mass is 19.1. The van der Waals surface area contributed by atoms with Gasteiger partial charge in [0.15, 0.2) is 5.76 Å². The molecule has 0 saturated heterocycles. The molecule has 3 nitrogen and oxygen atoms in total. The number of amides is 1. The molecule has 1 N–H and O–H groups in total. The Morgan fingerprint density at radius 2 is 1.75 bits per heavy atom. The number of nitrogens with one attached hydrogen (secondary N) is 1. The van der Waals surface area contributed by atoms with E-state index in [1.165, 1.54) is 12.1 Å². The maximum Gasteiger partial charge on any atom is 0.287 e. The van der Waals surface area contributed by atoms with Crippen molar-refractivity contribution in [3.05, 3.63) is 71.2 Å². The van der Waals surface area contributed by atoms with Crippen molar-refractivity contribution in [3.8, 4) is 0 Å². The highest BCUT2D eigenvalue weighted by molar-refractivity contribution is 5.99. The Labute approximate surface area is 140 Å². The van der Waals surface area contributed by atoms with Crippen LogP contribution >= 0.6 is 0 Å². The number of fused-ring (bicyclic) bond motifs is 1. The first kappa shape index (κ1) is 16.2. The fourth-order valence-electron chi connectivity index (χ4n) is 2.90. The number of aryl methyl sites for hydroxylation is 1. The van der Waals surface area contributed by atoms with Gasteiger partial charge in [-0.2, -0.15) is 0 Å². The van der Waals surface area contributed by atoms with E-state index in [0.717, 1.165) is 16.5 Å². The maximum atomic E-state index is 13.1. The second-order valence-electron chi connectivity index (χ2n) is 6.30. The van der Waals surface area contributed by atoms with Crippen molar-refractivity contribution >= 4 is 16.9 Å². The van der Waals surface area contributed by atoms with Gasteiger partial charge in [0.1, 0.15) is 11.4 Å². The summed E-state index contributed by atoms with van der Waals surface area (Å²) in [5.74, 6) is -0.0690. The summed E-state index contributed by atoms with van der Waals surface area (Å²) in [6.45, 7) is 5.91. The van der Waals surface area contributed by atoms with Crippen molar-refractivity contribution in [2.45, 2.75) is 26.8 Å². The first-order valence-electron chi connectivity index (χ1n) is 8.02. The molecular weight excluding hydrogens is 305 g/mol. The standard InChI is InChI=1S/C20H20FNO2/c1-12(2)18(14-8-10-15(21)11-9-14)22-20(23)19-13(3)16-6-4-5-7-17(16)24-19/h4-12,18H,1-3H3,(H,22,23)/t18-/m1/s1. The molecule has 2 aromatic carbocycles. The molecular formula is C20H20FNO2. The van der Waals surface area contributed by atoms with Crippen LogP contribution in [0.15, 0.2) is 52.9 Å². The topological polar surface area (TPSA) is 42.2 Å². The summed E-state index contributed by atoms with van der Waals surface area (Å²) < 4.78 is 18.9. The molecule has 1 heterocycles. The Morgan fingerprint density at radius 3 is 2.38 bits per heavy atom. The molecule has 0 radical (unpaired) electrons. The molecule has 0 fully saturated rings. The molecule has 0 aliphatic heterocycles. The second-order valence-corrected chi connectivity index (χ2v) is 6.30. The van der Waals surface area contributed by atoms with E-state index < -0.39 is 0 Å². The Balaban J connectivity index is 1.90. The molecule has 3 aromatic rings. The van der Waals surface area contributed by atoms with Gasteiger partial charge < -0.3 is 9.73 Å². The number of benzene rings is 2. The van der Waals surface area contributed by atoms with E-state index in [9.17, 15) is 9.18 Å². The Bertz CT molecular complexity index is 865. The second kappa shape index (κ2) is 6.48. The lowest BCUT2D eigenvalue weighted by atomic mass is 9.95. The number of carbonyl (C=O) groups is 1. The highest BCUT2D eigenvalue weighted by Crippen LogP contribution is 2.27. The number of halogens is 1. The van der Waals surface area contributed by atoms with Crippen LogP contribution in [0.25, 0.3) is 11.0 Å². The van der Waals surface area contributed by atoms with Crippen molar-refractivity contribution in [2.75, 3.05) is 0 Å². The molecule has 0 spiro atoms. The summed E-state index contributed by atoms with van der Waals surface area (Å²) >= 11 is 0. The van der Waals surface area contributed by atoms with Gasteiger partial charge in [0, 0.05) is 10.9 Å². The molecule has 0 saturated carbocycles. The number of rotatable bonds is 4. The third-order valence-electron chi connectivity index (χ3n) is 4.23. The summed E-state index contributed by atoms with van der Waals surface area (Å²) in [7, 11) is 0. The van der Waals surface area contributed by atoms with Gasteiger partial charge in [-0.05, 0) is 36.6 Å². The number of furan rings is 1. The van der Waals surface area contributed by atoms with Crippen LogP contribution in [0, 0.1) is 18.7 Å². The zero-order chi connectivity index (χ0) is 17.3. The predicted octanol–water partition coefficient (Wildman–Crippen LogP) is 5.01. The van der Waals surface area contributed by atoms with Crippen LogP contribution < -0.4 is 5.32 Å². The zero-order valence-electron chi connectivity index (χ0n) is 14.0. The Kier molecular flexibility index (Phi) is 4.38. The van der Waals surface area contributed by atoms with Gasteiger partial charge in [-0.25, -0.2) is 4.39 Å². The molecule has 0 unspecified atom stereocenters. The Hall–Kier alpha value is -2.62. The SMILES string of the molecule is Cc1c(C(=O)N[C@@H](c2ccc(F)cc2)C(C)C)oc2ccccc12. The van der Waals surface area contributed by atoms with Crippen molar-refractivity contribution in [1.29, 1.82) is 0 Å². The van der Waals surface area contributed by atoms with E-state index in [1.807, 2.05) is 45.0 Å². The maximum absolute atomic E-state index is 13.1. The Morgan fingerprint density at radius 1 is 1.08 bits per heavy atom. The molecule has 0 aliphatic carbocycles. The van der Waals surface area contributed by atoms with Gasteiger partial charge in [-0.1, -0.05) is 44.2 Å². The largest absolute Gasteiger partial charge is 0.451 e. The molecule has 1 aromatic heterocycles. The van der Waals surface area contributed by atoms with Gasteiger partial charge in [-0.15, -0.1) is 0 Å². The van der Waals surface area contributed by atoms with E-state index in [1.54, 1.807) is 12.1 Å². The summed E-state index contributed by atoms with van der Waals surface area (Å²) in [6, 6.07) is 13.6. The van der Waals surface area contributed by atoms with Crippen molar-refractivity contribution in [1.82, 2.24) is 5.32 Å². The monoisotopic (exact) mass is 325 g/mol. The average molecular weight is 325 g/mol. The fourth-order valence-corrected chi connectivity index (χ4v) is 2.90. The van der Waals surface area contributed by atoms with Crippen molar-refractivity contribution in [2.24, 2.45) is 5.92 Å². The first-order valence-corrected chi connectivity index (χ1v) is 8.02. The first-order chi connectivity index (χ1) is 11.5. The van der Waals surface area contributed by atoms with E-state index in [4.69, 9.17) is 4.42 Å². The average Bonchev–Trinajstić information content (AvgIpc) is 2.91. The quantitative estimate of drug-likeness (QED) is 0.733. The highest BCUT2D eigenvalue weighted by Gasteiger charge is 2.23. The van der Waals surface area contributed by atoms with Gasteiger partial charge in [0.2, 0.25) is 0 Å². The third-order valence-corrected chi connectivity index (χ3v) is 4.23. The normalized spacial score (nSPS) is 12.5. The van der Waals surface area contributed by atoms with Crippen LogP contribution in [0.3, 0.4) is 0 Å². The van der Waals surface area contributed by atoms with Crippen LogP contribution in [0.1, 0.15) is 41.6 Å². The number of hydrogen-bond acceptors (Lipinski definition) is 2. The number of hydrogen-bond donors (Lipinski definition) is 1. The van der Waals surface area contributed by atoms with Gasteiger partial charge >= 0.3 is 0 Å².